The predicted molar refractivity (Wildman–Crippen MR) is 96.8 cm³/mol. The molecule has 0 fully saturated rings. The largest absolute Gasteiger partial charge is 0.356 e. The van der Waals surface area contributed by atoms with Crippen molar-refractivity contribution in [1.29, 1.82) is 0 Å². The molecular weight excluding hydrogens is 318 g/mol. The zero-order chi connectivity index (χ0) is 16.6. The van der Waals surface area contributed by atoms with E-state index in [2.05, 4.69) is 27.4 Å². The summed E-state index contributed by atoms with van der Waals surface area (Å²) in [6.45, 7) is 0.668. The quantitative estimate of drug-likeness (QED) is 0.718. The maximum atomic E-state index is 11.9. The van der Waals surface area contributed by atoms with E-state index in [-0.39, 0.29) is 5.91 Å². The highest BCUT2D eigenvalue weighted by atomic mass is 32.1. The van der Waals surface area contributed by atoms with Crippen LogP contribution in [0.4, 0.5) is 0 Å². The van der Waals surface area contributed by atoms with Gasteiger partial charge in [0.25, 0.3) is 0 Å². The summed E-state index contributed by atoms with van der Waals surface area (Å²) in [7, 11) is 0. The highest BCUT2D eigenvalue weighted by molar-refractivity contribution is 7.09. The van der Waals surface area contributed by atoms with E-state index in [9.17, 15) is 4.79 Å². The van der Waals surface area contributed by atoms with Crippen LogP contribution >= 0.6 is 11.3 Å². The average molecular weight is 337 g/mol. The Bertz CT molecular complexity index is 772. The van der Waals surface area contributed by atoms with Gasteiger partial charge in [0, 0.05) is 42.7 Å². The molecule has 0 radical (unpaired) electrons. The van der Waals surface area contributed by atoms with Crippen molar-refractivity contribution < 1.29 is 4.79 Å². The second-order valence-corrected chi connectivity index (χ2v) is 6.40. The molecular formula is C19H19N3OS. The van der Waals surface area contributed by atoms with Crippen LogP contribution in [0.15, 0.2) is 60.2 Å². The van der Waals surface area contributed by atoms with E-state index in [1.165, 1.54) is 5.56 Å². The Morgan fingerprint density at radius 3 is 2.75 bits per heavy atom. The number of rotatable bonds is 7. The Balaban J connectivity index is 1.42. The number of aryl methyl sites for hydroxylation is 1. The summed E-state index contributed by atoms with van der Waals surface area (Å²) in [4.78, 5) is 20.6. The van der Waals surface area contributed by atoms with E-state index in [0.29, 0.717) is 19.4 Å². The maximum Gasteiger partial charge on any atom is 0.220 e. The fourth-order valence-corrected chi connectivity index (χ4v) is 3.18. The molecule has 0 saturated heterocycles. The van der Waals surface area contributed by atoms with Gasteiger partial charge in [-0.2, -0.15) is 0 Å². The van der Waals surface area contributed by atoms with Crippen molar-refractivity contribution in [2.75, 3.05) is 6.54 Å². The van der Waals surface area contributed by atoms with Crippen LogP contribution in [0.5, 0.6) is 0 Å². The molecule has 122 valence electrons. The number of carbonyl (C=O) groups excluding carboxylic acids is 1. The highest BCUT2D eigenvalue weighted by Gasteiger charge is 2.07. The summed E-state index contributed by atoms with van der Waals surface area (Å²) in [6, 6.07) is 14.1. The Labute approximate surface area is 145 Å². The number of nitrogens with one attached hydrogen (secondary N) is 1. The summed E-state index contributed by atoms with van der Waals surface area (Å²) in [5.74, 6) is 0.0732. The van der Waals surface area contributed by atoms with Gasteiger partial charge < -0.3 is 5.32 Å². The Kier molecular flexibility index (Phi) is 5.69. The summed E-state index contributed by atoms with van der Waals surface area (Å²) in [5.41, 5.74) is 3.17. The van der Waals surface area contributed by atoms with Gasteiger partial charge in [0.05, 0.1) is 10.7 Å². The lowest BCUT2D eigenvalue weighted by Crippen LogP contribution is -2.25. The minimum atomic E-state index is 0.0732. The smallest absolute Gasteiger partial charge is 0.220 e. The Hall–Kier alpha value is -2.53. The van der Waals surface area contributed by atoms with Gasteiger partial charge >= 0.3 is 0 Å². The first kappa shape index (κ1) is 16.3. The lowest BCUT2D eigenvalue weighted by molar-refractivity contribution is -0.121. The molecule has 0 aliphatic carbocycles. The molecule has 0 bridgehead atoms. The number of thiazole rings is 1. The number of aromatic nitrogens is 2. The second kappa shape index (κ2) is 8.36. The normalized spacial score (nSPS) is 10.5. The zero-order valence-corrected chi connectivity index (χ0v) is 14.1. The number of amides is 1. The topological polar surface area (TPSA) is 54.9 Å². The van der Waals surface area contributed by atoms with Gasteiger partial charge in [-0.25, -0.2) is 4.98 Å². The fraction of sp³-hybridized carbons (Fsp3) is 0.211. The van der Waals surface area contributed by atoms with Crippen molar-refractivity contribution in [3.05, 3.63) is 70.8 Å². The molecule has 3 rings (SSSR count). The molecule has 3 aromatic rings. The van der Waals surface area contributed by atoms with Crippen LogP contribution in [0.3, 0.4) is 0 Å². The SMILES string of the molecule is O=C(CCc1nc(-c2cccnc2)cs1)NCCc1ccccc1. The molecule has 0 aliphatic rings. The van der Waals surface area contributed by atoms with Gasteiger partial charge in [0.2, 0.25) is 5.91 Å². The van der Waals surface area contributed by atoms with E-state index in [1.54, 1.807) is 23.7 Å². The molecule has 2 aromatic heterocycles. The minimum Gasteiger partial charge on any atom is -0.356 e. The van der Waals surface area contributed by atoms with Crippen LogP contribution in [0.1, 0.15) is 17.0 Å². The number of benzene rings is 1. The van der Waals surface area contributed by atoms with Crippen molar-refractivity contribution in [3.63, 3.8) is 0 Å². The average Bonchev–Trinajstić information content (AvgIpc) is 3.11. The monoisotopic (exact) mass is 337 g/mol. The van der Waals surface area contributed by atoms with Crippen LogP contribution < -0.4 is 5.32 Å². The summed E-state index contributed by atoms with van der Waals surface area (Å²) < 4.78 is 0. The third kappa shape index (κ3) is 4.73. The van der Waals surface area contributed by atoms with E-state index in [1.807, 2.05) is 35.7 Å². The fourth-order valence-electron chi connectivity index (χ4n) is 2.37. The summed E-state index contributed by atoms with van der Waals surface area (Å²) in [6.07, 6.45) is 5.54. The second-order valence-electron chi connectivity index (χ2n) is 5.45. The van der Waals surface area contributed by atoms with Crippen LogP contribution in [-0.4, -0.2) is 22.4 Å². The molecule has 1 amide bonds. The van der Waals surface area contributed by atoms with Gasteiger partial charge in [-0.1, -0.05) is 30.3 Å². The molecule has 0 unspecified atom stereocenters. The number of carbonyl (C=O) groups is 1. The van der Waals surface area contributed by atoms with E-state index in [0.717, 1.165) is 22.7 Å². The summed E-state index contributed by atoms with van der Waals surface area (Å²) in [5, 5.41) is 5.96. The molecule has 24 heavy (non-hydrogen) atoms. The van der Waals surface area contributed by atoms with Gasteiger partial charge in [-0.05, 0) is 24.1 Å². The lowest BCUT2D eigenvalue weighted by atomic mass is 10.1. The van der Waals surface area contributed by atoms with Crippen molar-refractivity contribution in [2.24, 2.45) is 0 Å². The van der Waals surface area contributed by atoms with Crippen LogP contribution in [-0.2, 0) is 17.6 Å². The number of nitrogens with zero attached hydrogens (tertiary/aromatic N) is 2. The van der Waals surface area contributed by atoms with E-state index >= 15 is 0 Å². The van der Waals surface area contributed by atoms with Gasteiger partial charge in [-0.15, -0.1) is 11.3 Å². The molecule has 2 heterocycles. The Morgan fingerprint density at radius 2 is 1.96 bits per heavy atom. The molecule has 4 nitrogen and oxygen atoms in total. The Morgan fingerprint density at radius 1 is 1.08 bits per heavy atom. The minimum absolute atomic E-state index is 0.0732. The highest BCUT2D eigenvalue weighted by Crippen LogP contribution is 2.21. The first-order valence-electron chi connectivity index (χ1n) is 7.97. The van der Waals surface area contributed by atoms with Gasteiger partial charge in [0.1, 0.15) is 0 Å². The molecule has 1 N–H and O–H groups in total. The van der Waals surface area contributed by atoms with Crippen molar-refractivity contribution >= 4 is 17.2 Å². The number of hydrogen-bond donors (Lipinski definition) is 1. The number of pyridine rings is 1. The van der Waals surface area contributed by atoms with Crippen molar-refractivity contribution in [1.82, 2.24) is 15.3 Å². The lowest BCUT2D eigenvalue weighted by Gasteiger charge is -2.04. The van der Waals surface area contributed by atoms with Crippen LogP contribution in [0, 0.1) is 0 Å². The third-order valence-corrected chi connectivity index (χ3v) is 4.56. The van der Waals surface area contributed by atoms with Crippen molar-refractivity contribution in [3.8, 4) is 11.3 Å². The van der Waals surface area contributed by atoms with Crippen molar-refractivity contribution in [2.45, 2.75) is 19.3 Å². The molecule has 0 spiro atoms. The standard InChI is InChI=1S/C19H19N3OS/c23-18(21-12-10-15-5-2-1-3-6-15)8-9-19-22-17(14-24-19)16-7-4-11-20-13-16/h1-7,11,13-14H,8-10,12H2,(H,21,23). The first-order chi connectivity index (χ1) is 11.8. The van der Waals surface area contributed by atoms with E-state index in [4.69, 9.17) is 0 Å². The molecule has 1 aromatic carbocycles. The van der Waals surface area contributed by atoms with Crippen LogP contribution in [0.2, 0.25) is 0 Å². The zero-order valence-electron chi connectivity index (χ0n) is 13.3. The summed E-state index contributed by atoms with van der Waals surface area (Å²) >= 11 is 1.59. The predicted octanol–water partition coefficient (Wildman–Crippen LogP) is 3.50. The molecule has 0 atom stereocenters. The molecule has 0 aliphatic heterocycles. The maximum absolute atomic E-state index is 11.9. The van der Waals surface area contributed by atoms with E-state index < -0.39 is 0 Å². The van der Waals surface area contributed by atoms with Crippen LogP contribution in [0.25, 0.3) is 11.3 Å². The first-order valence-corrected chi connectivity index (χ1v) is 8.84. The molecule has 0 saturated carbocycles. The van der Waals surface area contributed by atoms with Gasteiger partial charge in [0.15, 0.2) is 0 Å². The van der Waals surface area contributed by atoms with Gasteiger partial charge in [-0.3, -0.25) is 9.78 Å². The molecule has 5 heteroatoms. The number of hydrogen-bond acceptors (Lipinski definition) is 4. The third-order valence-electron chi connectivity index (χ3n) is 3.65.